The van der Waals surface area contributed by atoms with Crippen LogP contribution < -0.4 is 5.73 Å². The third kappa shape index (κ3) is 3.31. The second-order valence-corrected chi connectivity index (χ2v) is 5.55. The van der Waals surface area contributed by atoms with E-state index in [1.165, 1.54) is 11.8 Å². The zero-order chi connectivity index (χ0) is 12.3. The van der Waals surface area contributed by atoms with E-state index >= 15 is 0 Å². The number of rotatable bonds is 4. The predicted octanol–water partition coefficient (Wildman–Crippen LogP) is 2.93. The maximum absolute atomic E-state index is 5.78. The summed E-state index contributed by atoms with van der Waals surface area (Å²) < 4.78 is 6.38. The summed E-state index contributed by atoms with van der Waals surface area (Å²) in [6, 6.07) is 8.06. The van der Waals surface area contributed by atoms with Gasteiger partial charge in [0.05, 0.1) is 5.25 Å². The largest absolute Gasteiger partial charge is 0.416 e. The molecule has 0 saturated heterocycles. The molecule has 0 fully saturated rings. The molecule has 1 aromatic carbocycles. The molecule has 0 aliphatic rings. The highest BCUT2D eigenvalue weighted by Crippen LogP contribution is 2.34. The van der Waals surface area contributed by atoms with Gasteiger partial charge < -0.3 is 10.2 Å². The van der Waals surface area contributed by atoms with Crippen LogP contribution >= 0.6 is 27.7 Å². The fourth-order valence-electron chi connectivity index (χ4n) is 1.41. The Morgan fingerprint density at radius 1 is 1.47 bits per heavy atom. The van der Waals surface area contributed by atoms with Crippen LogP contribution in [0.2, 0.25) is 0 Å². The number of benzene rings is 1. The molecule has 0 radical (unpaired) electrons. The first-order valence-electron chi connectivity index (χ1n) is 5.11. The van der Waals surface area contributed by atoms with E-state index in [1.807, 2.05) is 24.3 Å². The minimum atomic E-state index is 0.118. The Morgan fingerprint density at radius 2 is 2.29 bits per heavy atom. The lowest BCUT2D eigenvalue weighted by molar-refractivity contribution is 0.428. The molecule has 90 valence electrons. The Hall–Kier alpha value is -0.850. The summed E-state index contributed by atoms with van der Waals surface area (Å²) in [5.41, 5.74) is 6.92. The highest BCUT2D eigenvalue weighted by atomic mass is 79.9. The summed E-state index contributed by atoms with van der Waals surface area (Å²) in [6.07, 6.45) is 0. The zero-order valence-corrected chi connectivity index (χ0v) is 11.7. The SMILES string of the molecule is Cc1nnc(SC(CN)c2cccc(Br)c2)o1. The van der Waals surface area contributed by atoms with E-state index in [0.717, 1.165) is 10.0 Å². The number of hydrogen-bond acceptors (Lipinski definition) is 5. The third-order valence-corrected chi connectivity index (χ3v) is 3.79. The first kappa shape index (κ1) is 12.6. The molecule has 1 heterocycles. The van der Waals surface area contributed by atoms with Gasteiger partial charge in [-0.05, 0) is 17.7 Å². The van der Waals surface area contributed by atoms with Crippen molar-refractivity contribution in [3.8, 4) is 0 Å². The van der Waals surface area contributed by atoms with Crippen molar-refractivity contribution in [1.82, 2.24) is 10.2 Å². The van der Waals surface area contributed by atoms with Gasteiger partial charge in [-0.2, -0.15) is 0 Å². The van der Waals surface area contributed by atoms with Crippen LogP contribution in [0.5, 0.6) is 0 Å². The lowest BCUT2D eigenvalue weighted by Gasteiger charge is -2.12. The Labute approximate surface area is 112 Å². The summed E-state index contributed by atoms with van der Waals surface area (Å²) in [6.45, 7) is 2.29. The number of nitrogens with two attached hydrogens (primary N) is 1. The monoisotopic (exact) mass is 313 g/mol. The summed E-state index contributed by atoms with van der Waals surface area (Å²) in [4.78, 5) is 0. The van der Waals surface area contributed by atoms with Crippen molar-refractivity contribution in [2.24, 2.45) is 5.73 Å². The van der Waals surface area contributed by atoms with Gasteiger partial charge in [0.2, 0.25) is 5.89 Å². The lowest BCUT2D eigenvalue weighted by atomic mass is 10.1. The van der Waals surface area contributed by atoms with Crippen LogP contribution in [0.4, 0.5) is 0 Å². The molecule has 0 amide bonds. The highest BCUT2D eigenvalue weighted by molar-refractivity contribution is 9.10. The smallest absolute Gasteiger partial charge is 0.277 e. The van der Waals surface area contributed by atoms with Gasteiger partial charge in [0, 0.05) is 17.9 Å². The molecule has 0 saturated carbocycles. The molecule has 17 heavy (non-hydrogen) atoms. The van der Waals surface area contributed by atoms with E-state index in [4.69, 9.17) is 10.2 Å². The molecule has 1 atom stereocenters. The van der Waals surface area contributed by atoms with Crippen molar-refractivity contribution in [1.29, 1.82) is 0 Å². The lowest BCUT2D eigenvalue weighted by Crippen LogP contribution is -2.09. The van der Waals surface area contributed by atoms with Crippen LogP contribution in [0.1, 0.15) is 16.7 Å². The topological polar surface area (TPSA) is 64.9 Å². The first-order chi connectivity index (χ1) is 8.19. The number of hydrogen-bond donors (Lipinski definition) is 1. The average Bonchev–Trinajstić information content (AvgIpc) is 2.72. The molecular weight excluding hydrogens is 302 g/mol. The normalized spacial score (nSPS) is 12.6. The van der Waals surface area contributed by atoms with E-state index in [9.17, 15) is 0 Å². The first-order valence-corrected chi connectivity index (χ1v) is 6.78. The van der Waals surface area contributed by atoms with Gasteiger partial charge >= 0.3 is 0 Å². The van der Waals surface area contributed by atoms with E-state index in [-0.39, 0.29) is 5.25 Å². The summed E-state index contributed by atoms with van der Waals surface area (Å²) in [5, 5.41) is 8.43. The Morgan fingerprint density at radius 3 is 2.88 bits per heavy atom. The van der Waals surface area contributed by atoms with Crippen molar-refractivity contribution in [3.63, 3.8) is 0 Å². The Balaban J connectivity index is 2.16. The van der Waals surface area contributed by atoms with Gasteiger partial charge in [-0.25, -0.2) is 0 Å². The molecule has 1 unspecified atom stereocenters. The van der Waals surface area contributed by atoms with Crippen molar-refractivity contribution < 1.29 is 4.42 Å². The van der Waals surface area contributed by atoms with Gasteiger partial charge in [-0.3, -0.25) is 0 Å². The van der Waals surface area contributed by atoms with Gasteiger partial charge in [-0.1, -0.05) is 39.8 Å². The van der Waals surface area contributed by atoms with Crippen molar-refractivity contribution in [2.45, 2.75) is 17.4 Å². The Bertz CT molecular complexity index is 503. The number of aromatic nitrogens is 2. The van der Waals surface area contributed by atoms with Crippen LogP contribution in [0.15, 0.2) is 38.4 Å². The van der Waals surface area contributed by atoms with E-state index < -0.39 is 0 Å². The molecule has 0 spiro atoms. The highest BCUT2D eigenvalue weighted by Gasteiger charge is 2.15. The molecule has 4 nitrogen and oxygen atoms in total. The average molecular weight is 314 g/mol. The fourth-order valence-corrected chi connectivity index (χ4v) is 2.70. The van der Waals surface area contributed by atoms with Crippen molar-refractivity contribution in [2.75, 3.05) is 6.54 Å². The summed E-state index contributed by atoms with van der Waals surface area (Å²) in [5.74, 6) is 0.567. The molecule has 2 N–H and O–H groups in total. The standard InChI is InChI=1S/C11H12BrN3OS/c1-7-14-15-11(16-7)17-10(6-13)8-3-2-4-9(12)5-8/h2-5,10H,6,13H2,1H3. The zero-order valence-electron chi connectivity index (χ0n) is 9.26. The quantitative estimate of drug-likeness (QED) is 0.879. The second kappa shape index (κ2) is 5.66. The number of thioether (sulfide) groups is 1. The molecule has 0 aliphatic heterocycles. The molecule has 0 bridgehead atoms. The summed E-state index contributed by atoms with van der Waals surface area (Å²) in [7, 11) is 0. The molecule has 6 heteroatoms. The Kier molecular flexibility index (Phi) is 4.20. The summed E-state index contributed by atoms with van der Waals surface area (Å²) >= 11 is 4.93. The molecule has 2 rings (SSSR count). The fraction of sp³-hybridized carbons (Fsp3) is 0.273. The minimum Gasteiger partial charge on any atom is -0.416 e. The second-order valence-electron chi connectivity index (χ2n) is 3.48. The van der Waals surface area contributed by atoms with Gasteiger partial charge in [-0.15, -0.1) is 10.2 Å². The van der Waals surface area contributed by atoms with Crippen LogP contribution in [-0.4, -0.2) is 16.7 Å². The van der Waals surface area contributed by atoms with Crippen LogP contribution in [0.25, 0.3) is 0 Å². The number of halogens is 1. The van der Waals surface area contributed by atoms with Crippen LogP contribution in [0, 0.1) is 6.92 Å². The van der Waals surface area contributed by atoms with Crippen molar-refractivity contribution in [3.05, 3.63) is 40.2 Å². The molecular formula is C11H12BrN3OS. The minimum absolute atomic E-state index is 0.118. The van der Waals surface area contributed by atoms with Gasteiger partial charge in [0.1, 0.15) is 0 Å². The van der Waals surface area contributed by atoms with Gasteiger partial charge in [0.15, 0.2) is 0 Å². The molecule has 0 aliphatic carbocycles. The van der Waals surface area contributed by atoms with E-state index in [0.29, 0.717) is 17.7 Å². The van der Waals surface area contributed by atoms with Crippen molar-refractivity contribution >= 4 is 27.7 Å². The molecule has 2 aromatic rings. The number of aryl methyl sites for hydroxylation is 1. The maximum atomic E-state index is 5.78. The maximum Gasteiger partial charge on any atom is 0.277 e. The molecule has 1 aromatic heterocycles. The third-order valence-electron chi connectivity index (χ3n) is 2.19. The van der Waals surface area contributed by atoms with Crippen LogP contribution in [-0.2, 0) is 0 Å². The van der Waals surface area contributed by atoms with Crippen LogP contribution in [0.3, 0.4) is 0 Å². The van der Waals surface area contributed by atoms with Gasteiger partial charge in [0.25, 0.3) is 5.22 Å². The number of nitrogens with zero attached hydrogens (tertiary/aromatic N) is 2. The van der Waals surface area contributed by atoms with E-state index in [2.05, 4.69) is 26.1 Å². The van der Waals surface area contributed by atoms with E-state index in [1.54, 1.807) is 6.92 Å². The predicted molar refractivity (Wildman–Crippen MR) is 70.8 cm³/mol.